The third kappa shape index (κ3) is 3.22. The Morgan fingerprint density at radius 1 is 1.16 bits per heavy atom. The van der Waals surface area contributed by atoms with E-state index in [9.17, 15) is 36.6 Å². The first-order chi connectivity index (χ1) is 14.8. The Balaban J connectivity index is 1.96. The van der Waals surface area contributed by atoms with Crippen LogP contribution in [0.15, 0.2) is 24.4 Å². The fourth-order valence-electron chi connectivity index (χ4n) is 4.28. The average molecular weight is 457 g/mol. The fraction of sp³-hybridized carbons (Fsp3) is 0.333. The van der Waals surface area contributed by atoms with Crippen molar-refractivity contribution < 1.29 is 36.6 Å². The van der Waals surface area contributed by atoms with Gasteiger partial charge in [0, 0.05) is 28.9 Å². The van der Waals surface area contributed by atoms with Crippen molar-refractivity contribution in [3.05, 3.63) is 58.8 Å². The molecule has 3 aromatic rings. The Bertz CT molecular complexity index is 1230. The number of aryl methyl sites for hydroxylation is 1. The van der Waals surface area contributed by atoms with Crippen LogP contribution in [0.3, 0.4) is 0 Å². The summed E-state index contributed by atoms with van der Waals surface area (Å²) in [5.41, 5.74) is -4.48. The summed E-state index contributed by atoms with van der Waals surface area (Å²) in [4.78, 5) is 7.70. The average Bonchev–Trinajstić information content (AvgIpc) is 2.70. The van der Waals surface area contributed by atoms with E-state index in [0.717, 1.165) is 18.3 Å². The quantitative estimate of drug-likeness (QED) is 0.472. The molecule has 0 saturated carbocycles. The van der Waals surface area contributed by atoms with E-state index in [0.29, 0.717) is 6.07 Å². The van der Waals surface area contributed by atoms with Gasteiger partial charge in [0.15, 0.2) is 28.8 Å². The molecule has 0 spiro atoms. The number of phenols is 1. The van der Waals surface area contributed by atoms with Crippen molar-refractivity contribution >= 4 is 16.6 Å². The number of aromatic nitrogens is 2. The number of hydrogen-bond donors (Lipinski definition) is 3. The highest BCUT2D eigenvalue weighted by Gasteiger charge is 2.62. The molecule has 5 nitrogen and oxygen atoms in total. The zero-order valence-electron chi connectivity index (χ0n) is 16.7. The minimum absolute atomic E-state index is 0.108. The molecule has 0 radical (unpaired) electrons. The molecular formula is C21H17F6N3O2. The predicted molar refractivity (Wildman–Crippen MR) is 103 cm³/mol. The molecule has 0 aliphatic heterocycles. The third-order valence-corrected chi connectivity index (χ3v) is 5.78. The zero-order valence-corrected chi connectivity index (χ0v) is 16.7. The van der Waals surface area contributed by atoms with Crippen molar-refractivity contribution in [3.8, 4) is 5.75 Å². The maximum absolute atomic E-state index is 14.3. The highest BCUT2D eigenvalue weighted by Crippen LogP contribution is 2.54. The van der Waals surface area contributed by atoms with Crippen LogP contribution < -0.4 is 5.32 Å². The van der Waals surface area contributed by atoms with Crippen LogP contribution in [0.2, 0.25) is 0 Å². The maximum Gasteiger partial charge on any atom is 0.419 e. The second-order valence-corrected chi connectivity index (χ2v) is 7.90. The van der Waals surface area contributed by atoms with Gasteiger partial charge in [0.1, 0.15) is 11.3 Å². The van der Waals surface area contributed by atoms with Gasteiger partial charge in [0.05, 0.1) is 6.04 Å². The summed E-state index contributed by atoms with van der Waals surface area (Å²) >= 11 is 0. The van der Waals surface area contributed by atoms with E-state index in [-0.39, 0.29) is 28.0 Å². The predicted octanol–water partition coefficient (Wildman–Crippen LogP) is 5.01. The molecule has 0 fully saturated rings. The highest BCUT2D eigenvalue weighted by molar-refractivity contribution is 5.91. The van der Waals surface area contributed by atoms with Crippen molar-refractivity contribution in [2.45, 2.75) is 44.0 Å². The van der Waals surface area contributed by atoms with Crippen molar-refractivity contribution in [2.24, 2.45) is 0 Å². The molecule has 170 valence electrons. The van der Waals surface area contributed by atoms with Gasteiger partial charge >= 0.3 is 6.18 Å². The first-order valence-corrected chi connectivity index (χ1v) is 9.53. The molecular weight excluding hydrogens is 440 g/mol. The highest BCUT2D eigenvalue weighted by atomic mass is 19.4. The van der Waals surface area contributed by atoms with Gasteiger partial charge in [-0.1, -0.05) is 13.0 Å². The Labute approximate surface area is 177 Å². The van der Waals surface area contributed by atoms with Crippen LogP contribution in [-0.4, -0.2) is 32.0 Å². The van der Waals surface area contributed by atoms with Crippen LogP contribution in [0, 0.1) is 24.4 Å². The van der Waals surface area contributed by atoms with Crippen LogP contribution in [0.25, 0.3) is 10.9 Å². The van der Waals surface area contributed by atoms with E-state index in [1.54, 1.807) is 0 Å². The number of halogens is 6. The lowest BCUT2D eigenvalue weighted by atomic mass is 9.70. The lowest BCUT2D eigenvalue weighted by Crippen LogP contribution is -2.55. The standard InChI is InChI=1S/C21H17F6N3O2/c1-8-6-20(32,21(25,26)27)19(10-3-4-12(22)18(31)15(8)10)30-14-5-13(23)16(24)17-11(14)7-28-9(2)29-17/h3-5,7-8,19,30-32H,6H2,1-2H3/t8-,19?,20-/m1/s1. The summed E-state index contributed by atoms with van der Waals surface area (Å²) in [6.45, 7) is 2.74. The Morgan fingerprint density at radius 3 is 2.50 bits per heavy atom. The first-order valence-electron chi connectivity index (χ1n) is 9.53. The number of hydrogen-bond acceptors (Lipinski definition) is 5. The van der Waals surface area contributed by atoms with Crippen LogP contribution >= 0.6 is 0 Å². The largest absolute Gasteiger partial charge is 0.505 e. The number of nitrogens with zero attached hydrogens (tertiary/aromatic N) is 2. The molecule has 1 heterocycles. The van der Waals surface area contributed by atoms with Gasteiger partial charge in [-0.2, -0.15) is 13.2 Å². The zero-order chi connectivity index (χ0) is 23.6. The number of nitrogens with one attached hydrogen (secondary N) is 1. The number of fused-ring (bicyclic) bond motifs is 2. The summed E-state index contributed by atoms with van der Waals surface area (Å²) < 4.78 is 84.6. The molecule has 0 bridgehead atoms. The molecule has 3 atom stereocenters. The normalized spacial score (nSPS) is 23.3. The number of rotatable bonds is 2. The molecule has 1 aliphatic carbocycles. The molecule has 1 aliphatic rings. The lowest BCUT2D eigenvalue weighted by Gasteiger charge is -2.45. The number of alkyl halides is 3. The van der Waals surface area contributed by atoms with Crippen molar-refractivity contribution in [2.75, 3.05) is 5.32 Å². The molecule has 1 aromatic heterocycles. The van der Waals surface area contributed by atoms with E-state index in [1.165, 1.54) is 13.8 Å². The van der Waals surface area contributed by atoms with E-state index < -0.39 is 58.9 Å². The molecule has 0 amide bonds. The Hall–Kier alpha value is -3.08. The van der Waals surface area contributed by atoms with E-state index in [4.69, 9.17) is 0 Å². The van der Waals surface area contributed by atoms with Gasteiger partial charge < -0.3 is 15.5 Å². The van der Waals surface area contributed by atoms with E-state index in [1.807, 2.05) is 0 Å². The maximum atomic E-state index is 14.3. The van der Waals surface area contributed by atoms with Gasteiger partial charge in [-0.15, -0.1) is 0 Å². The van der Waals surface area contributed by atoms with E-state index in [2.05, 4.69) is 15.3 Å². The van der Waals surface area contributed by atoms with Crippen LogP contribution in [0.5, 0.6) is 5.75 Å². The second-order valence-electron chi connectivity index (χ2n) is 7.90. The van der Waals surface area contributed by atoms with Crippen LogP contribution in [0.4, 0.5) is 32.0 Å². The Kier molecular flexibility index (Phi) is 5.00. The topological polar surface area (TPSA) is 78.3 Å². The summed E-state index contributed by atoms with van der Waals surface area (Å²) in [5.74, 6) is -5.50. The number of aromatic hydroxyl groups is 1. The van der Waals surface area contributed by atoms with Gasteiger partial charge in [0.25, 0.3) is 0 Å². The second kappa shape index (κ2) is 7.22. The van der Waals surface area contributed by atoms with Gasteiger partial charge in [-0.3, -0.25) is 0 Å². The summed E-state index contributed by atoms with van der Waals surface area (Å²) in [5, 5.41) is 23.3. The van der Waals surface area contributed by atoms with Crippen molar-refractivity contribution in [1.82, 2.24) is 9.97 Å². The minimum Gasteiger partial charge on any atom is -0.505 e. The number of phenolic OH excluding ortho intramolecular Hbond substituents is 1. The number of anilines is 1. The van der Waals surface area contributed by atoms with Crippen LogP contribution in [-0.2, 0) is 0 Å². The molecule has 32 heavy (non-hydrogen) atoms. The lowest BCUT2D eigenvalue weighted by molar-refractivity contribution is -0.272. The molecule has 4 rings (SSSR count). The number of aliphatic hydroxyl groups is 1. The summed E-state index contributed by atoms with van der Waals surface area (Å²) in [6, 6.07) is 0.438. The molecule has 0 saturated heterocycles. The first kappa shape index (κ1) is 22.1. The molecule has 2 aromatic carbocycles. The number of benzene rings is 2. The molecule has 11 heteroatoms. The van der Waals surface area contributed by atoms with E-state index >= 15 is 0 Å². The van der Waals surface area contributed by atoms with Crippen molar-refractivity contribution in [1.29, 1.82) is 0 Å². The summed E-state index contributed by atoms with van der Waals surface area (Å²) in [6.07, 6.45) is -4.94. The third-order valence-electron chi connectivity index (χ3n) is 5.78. The fourth-order valence-corrected chi connectivity index (χ4v) is 4.28. The minimum atomic E-state index is -5.15. The molecule has 1 unspecified atom stereocenters. The van der Waals surface area contributed by atoms with Gasteiger partial charge in [0.2, 0.25) is 0 Å². The van der Waals surface area contributed by atoms with Crippen LogP contribution in [0.1, 0.15) is 42.3 Å². The van der Waals surface area contributed by atoms with Crippen molar-refractivity contribution in [3.63, 3.8) is 0 Å². The smallest absolute Gasteiger partial charge is 0.419 e. The SMILES string of the molecule is Cc1ncc2c(NC3c4ccc(F)c(O)c4[C@H](C)C[C@]3(O)C(F)(F)F)cc(F)c(F)c2n1. The monoisotopic (exact) mass is 457 g/mol. The summed E-state index contributed by atoms with van der Waals surface area (Å²) in [7, 11) is 0. The molecule has 3 N–H and O–H groups in total. The van der Waals surface area contributed by atoms with Gasteiger partial charge in [-0.25, -0.2) is 23.1 Å². The van der Waals surface area contributed by atoms with Gasteiger partial charge in [-0.05, 0) is 30.9 Å². The Morgan fingerprint density at radius 2 is 1.84 bits per heavy atom.